The van der Waals surface area contributed by atoms with Crippen LogP contribution in [0, 0.1) is 20.8 Å². The van der Waals surface area contributed by atoms with Gasteiger partial charge in [0.05, 0.1) is 0 Å². The Balaban J connectivity index is 0.000000373. The number of carbonyl (C=O) groups is 3. The van der Waals surface area contributed by atoms with Crippen LogP contribution in [-0.2, 0) is 40.6 Å². The molecule has 0 aromatic heterocycles. The van der Waals surface area contributed by atoms with Crippen molar-refractivity contribution in [3.05, 3.63) is 64.2 Å². The van der Waals surface area contributed by atoms with Crippen LogP contribution in [0.2, 0.25) is 0 Å². The van der Waals surface area contributed by atoms with Crippen molar-refractivity contribution in [1.82, 2.24) is 4.90 Å². The van der Waals surface area contributed by atoms with Crippen molar-refractivity contribution in [3.63, 3.8) is 0 Å². The largest absolute Gasteiger partial charge is 0.507 e. The average molecular weight is 684 g/mol. The number of hydrogen-bond donors (Lipinski definition) is 1. The number of nitrogens with zero attached hydrogens (tertiary/aromatic N) is 1. The van der Waals surface area contributed by atoms with Gasteiger partial charge in [0.1, 0.15) is 11.4 Å². The van der Waals surface area contributed by atoms with Gasteiger partial charge in [-0.25, -0.2) is 0 Å². The predicted molar refractivity (Wildman–Crippen MR) is 198 cm³/mol. The summed E-state index contributed by atoms with van der Waals surface area (Å²) in [5.74, 6) is -0.596. The number of phenols is 1. The van der Waals surface area contributed by atoms with Crippen molar-refractivity contribution in [3.8, 4) is 5.75 Å². The summed E-state index contributed by atoms with van der Waals surface area (Å²) in [6.07, 6.45) is 8.36. The summed E-state index contributed by atoms with van der Waals surface area (Å²) < 4.78 is 16.1. The molecule has 0 unspecified atom stereocenters. The maximum atomic E-state index is 11.5. The Morgan fingerprint density at radius 2 is 1.37 bits per heavy atom. The molecule has 0 aliphatic carbocycles. The zero-order chi connectivity index (χ0) is 37.0. The number of phenolic OH excluding ortho intramolecular Hbond substituents is 1. The first kappa shape index (κ1) is 43.8. The Morgan fingerprint density at radius 1 is 0.837 bits per heavy atom. The molecule has 1 N–H and O–H groups in total. The average Bonchev–Trinajstić information content (AvgIpc) is 3.04. The van der Waals surface area contributed by atoms with E-state index in [1.165, 1.54) is 65.1 Å². The fraction of sp³-hybridized carbons (Fsp3) is 0.634. The van der Waals surface area contributed by atoms with Crippen LogP contribution < -0.4 is 0 Å². The van der Waals surface area contributed by atoms with Gasteiger partial charge >= 0.3 is 11.9 Å². The highest BCUT2D eigenvalue weighted by Crippen LogP contribution is 2.37. The minimum atomic E-state index is -0.758. The van der Waals surface area contributed by atoms with Crippen LogP contribution in [0.3, 0.4) is 0 Å². The molecule has 49 heavy (non-hydrogen) atoms. The number of benzene rings is 2. The first-order valence-corrected chi connectivity index (χ1v) is 18.3. The van der Waals surface area contributed by atoms with Crippen molar-refractivity contribution in [1.29, 1.82) is 0 Å². The fourth-order valence-corrected chi connectivity index (χ4v) is 6.67. The van der Waals surface area contributed by atoms with Gasteiger partial charge in [0.15, 0.2) is 11.9 Å². The topological polar surface area (TPSA) is 102 Å². The van der Waals surface area contributed by atoms with Crippen LogP contribution >= 0.6 is 0 Å². The molecule has 0 amide bonds. The van der Waals surface area contributed by atoms with Crippen LogP contribution in [0.1, 0.15) is 128 Å². The van der Waals surface area contributed by atoms with Crippen molar-refractivity contribution in [2.75, 3.05) is 26.3 Å². The van der Waals surface area contributed by atoms with E-state index in [2.05, 4.69) is 51.7 Å². The Kier molecular flexibility index (Phi) is 20.8. The second-order valence-corrected chi connectivity index (χ2v) is 13.3. The SMILES string of the molecule is CC(=O)O[C@H](Cc1cc(C)c(O)c(C)c1)C(C)=O.CCCC(CCC)(OC(C)=O)c1ccccc1C.CCCN(CCC)C1CCOCC1. The maximum absolute atomic E-state index is 11.5. The van der Waals surface area contributed by atoms with E-state index in [9.17, 15) is 19.5 Å². The lowest BCUT2D eigenvalue weighted by atomic mass is 9.82. The molecule has 1 saturated heterocycles. The monoisotopic (exact) mass is 683 g/mol. The standard InChI is InChI=1S/C16H24O2.C14H18O4.C11H23NO/c1-5-11-16(12-6-2,18-14(4)17)15-10-8-7-9-13(15)3;1-8-5-12(6-9(2)14(8)17)7-13(10(3)15)18-11(4)16;1-3-7-12(8-4-2)11-5-9-13-10-6-11/h7-10H,5-6,11-12H2,1-4H3;5-6,13,17H,7H2,1-4H3;11H,3-10H2,1-2H3/t;13-;/m.1./s1. The molecule has 0 spiro atoms. The summed E-state index contributed by atoms with van der Waals surface area (Å²) in [7, 11) is 0. The molecule has 1 atom stereocenters. The quantitative estimate of drug-likeness (QED) is 0.186. The third-order valence-electron chi connectivity index (χ3n) is 8.75. The van der Waals surface area contributed by atoms with E-state index in [0.717, 1.165) is 67.2 Å². The second-order valence-electron chi connectivity index (χ2n) is 13.3. The van der Waals surface area contributed by atoms with Crippen LogP contribution in [0.15, 0.2) is 36.4 Å². The highest BCUT2D eigenvalue weighted by Gasteiger charge is 2.35. The zero-order valence-corrected chi connectivity index (χ0v) is 32.2. The molecule has 0 saturated carbocycles. The number of Topliss-reactive ketones (excluding diaryl/α,β-unsaturated/α-hetero) is 1. The summed E-state index contributed by atoms with van der Waals surface area (Å²) in [6, 6.07) is 12.6. The lowest BCUT2D eigenvalue weighted by molar-refractivity contribution is -0.160. The Labute approximate surface area is 296 Å². The van der Waals surface area contributed by atoms with Crippen LogP contribution in [0.5, 0.6) is 5.75 Å². The van der Waals surface area contributed by atoms with Crippen LogP contribution in [0.4, 0.5) is 0 Å². The summed E-state index contributed by atoms with van der Waals surface area (Å²) in [6.45, 7) is 23.1. The Bertz CT molecular complexity index is 1250. The van der Waals surface area contributed by atoms with Gasteiger partial charge in [0.25, 0.3) is 0 Å². The van der Waals surface area contributed by atoms with Gasteiger partial charge < -0.3 is 24.2 Å². The molecular formula is C41H65NO7. The minimum Gasteiger partial charge on any atom is -0.507 e. The lowest BCUT2D eigenvalue weighted by Gasteiger charge is -2.34. The second kappa shape index (κ2) is 23.2. The Hall–Kier alpha value is -3.23. The minimum absolute atomic E-state index is 0.186. The molecule has 1 aliphatic rings. The predicted octanol–water partition coefficient (Wildman–Crippen LogP) is 8.71. The van der Waals surface area contributed by atoms with Gasteiger partial charge in [-0.05, 0) is 107 Å². The number of aryl methyl sites for hydroxylation is 3. The molecule has 0 bridgehead atoms. The number of rotatable bonds is 15. The normalized spacial score (nSPS) is 13.8. The van der Waals surface area contributed by atoms with Crippen molar-refractivity contribution in [2.24, 2.45) is 0 Å². The summed E-state index contributed by atoms with van der Waals surface area (Å²) >= 11 is 0. The van der Waals surface area contributed by atoms with E-state index in [1.54, 1.807) is 26.0 Å². The summed E-state index contributed by atoms with van der Waals surface area (Å²) in [4.78, 5) is 36.4. The van der Waals surface area contributed by atoms with Gasteiger partial charge in [-0.15, -0.1) is 0 Å². The molecular weight excluding hydrogens is 618 g/mol. The summed E-state index contributed by atoms with van der Waals surface area (Å²) in [5, 5.41) is 9.67. The van der Waals surface area contributed by atoms with Crippen LogP contribution in [-0.4, -0.2) is 66.2 Å². The molecule has 1 heterocycles. The van der Waals surface area contributed by atoms with Gasteiger partial charge in [0, 0.05) is 39.5 Å². The van der Waals surface area contributed by atoms with Crippen molar-refractivity contribution in [2.45, 2.75) is 145 Å². The van der Waals surface area contributed by atoms with Crippen LogP contribution in [0.25, 0.3) is 0 Å². The Morgan fingerprint density at radius 3 is 1.80 bits per heavy atom. The van der Waals surface area contributed by atoms with E-state index in [1.807, 2.05) is 12.1 Å². The summed E-state index contributed by atoms with van der Waals surface area (Å²) in [5.41, 5.74) is 4.26. The first-order valence-electron chi connectivity index (χ1n) is 18.3. The molecule has 2 aromatic carbocycles. The van der Waals surface area contributed by atoms with Gasteiger partial charge in [-0.1, -0.05) is 76.9 Å². The number of ether oxygens (including phenoxy) is 3. The molecule has 8 nitrogen and oxygen atoms in total. The van der Waals surface area contributed by atoms with E-state index in [0.29, 0.717) is 6.42 Å². The number of esters is 2. The van der Waals surface area contributed by atoms with Gasteiger partial charge in [-0.2, -0.15) is 0 Å². The van der Waals surface area contributed by atoms with Crippen molar-refractivity contribution < 1.29 is 33.7 Å². The zero-order valence-electron chi connectivity index (χ0n) is 32.2. The number of aromatic hydroxyl groups is 1. The molecule has 3 rings (SSSR count). The molecule has 1 fully saturated rings. The van der Waals surface area contributed by atoms with Crippen molar-refractivity contribution >= 4 is 17.7 Å². The van der Waals surface area contributed by atoms with Gasteiger partial charge in [0.2, 0.25) is 0 Å². The molecule has 2 aromatic rings. The first-order chi connectivity index (χ1) is 23.2. The number of hydrogen-bond acceptors (Lipinski definition) is 8. The molecule has 0 radical (unpaired) electrons. The van der Waals surface area contributed by atoms with Gasteiger partial charge in [-0.3, -0.25) is 14.4 Å². The maximum Gasteiger partial charge on any atom is 0.303 e. The van der Waals surface area contributed by atoms with E-state index >= 15 is 0 Å². The molecule has 8 heteroatoms. The third kappa shape index (κ3) is 15.5. The fourth-order valence-electron chi connectivity index (χ4n) is 6.67. The van der Waals surface area contributed by atoms with E-state index in [-0.39, 0.29) is 17.5 Å². The number of ketones is 1. The lowest BCUT2D eigenvalue weighted by Crippen LogP contribution is -2.40. The molecule has 1 aliphatic heterocycles. The molecule has 276 valence electrons. The third-order valence-corrected chi connectivity index (χ3v) is 8.75. The highest BCUT2D eigenvalue weighted by molar-refractivity contribution is 5.83. The highest BCUT2D eigenvalue weighted by atomic mass is 16.6. The smallest absolute Gasteiger partial charge is 0.303 e. The number of carbonyl (C=O) groups excluding carboxylic acids is 3. The van der Waals surface area contributed by atoms with E-state index < -0.39 is 17.7 Å². The van der Waals surface area contributed by atoms with E-state index in [4.69, 9.17) is 14.2 Å².